The van der Waals surface area contributed by atoms with Crippen molar-refractivity contribution in [3.8, 4) is 0 Å². The molecule has 0 aliphatic carbocycles. The second-order valence-corrected chi connectivity index (χ2v) is 7.89. The largest absolute Gasteiger partial charge is 0.357 e. The lowest BCUT2D eigenvalue weighted by Gasteiger charge is -2.12. The molecular weight excluding hydrogens is 517 g/mol. The van der Waals surface area contributed by atoms with E-state index in [1.165, 1.54) is 5.69 Å². The summed E-state index contributed by atoms with van der Waals surface area (Å²) in [5.74, 6) is 0.721. The fourth-order valence-electron chi connectivity index (χ4n) is 3.16. The van der Waals surface area contributed by atoms with Gasteiger partial charge in [-0.2, -0.15) is 5.10 Å². The molecule has 0 saturated carbocycles. The number of hydrogen-bond acceptors (Lipinski definition) is 4. The summed E-state index contributed by atoms with van der Waals surface area (Å²) in [7, 11) is 3.97. The number of amides is 1. The number of guanidine groups is 1. The molecule has 3 N–H and O–H groups in total. The van der Waals surface area contributed by atoms with Crippen molar-refractivity contribution in [1.82, 2.24) is 30.6 Å². The molecule has 1 amide bonds. The van der Waals surface area contributed by atoms with Gasteiger partial charge in [0.15, 0.2) is 5.96 Å². The second kappa shape index (κ2) is 14.8. The Morgan fingerprint density at radius 3 is 2.56 bits per heavy atom. The molecule has 1 aromatic carbocycles. The van der Waals surface area contributed by atoms with Crippen LogP contribution in [0.5, 0.6) is 0 Å². The van der Waals surface area contributed by atoms with Crippen LogP contribution < -0.4 is 16.0 Å². The Hall–Kier alpha value is -2.14. The molecule has 0 radical (unpaired) electrons. The first-order valence-corrected chi connectivity index (χ1v) is 10.9. The minimum atomic E-state index is -0.0538. The number of aliphatic imine (C=N–C) groups is 1. The second-order valence-electron chi connectivity index (χ2n) is 7.89. The molecule has 0 atom stereocenters. The van der Waals surface area contributed by atoms with Gasteiger partial charge in [-0.15, -0.1) is 24.0 Å². The highest BCUT2D eigenvalue weighted by atomic mass is 127. The summed E-state index contributed by atoms with van der Waals surface area (Å²) in [6, 6.07) is 9.73. The number of carbonyl (C=O) groups is 1. The number of rotatable bonds is 11. The topological polar surface area (TPSA) is 86.6 Å². The van der Waals surface area contributed by atoms with Crippen LogP contribution in [-0.2, 0) is 13.1 Å². The molecule has 0 aliphatic heterocycles. The van der Waals surface area contributed by atoms with Crippen molar-refractivity contribution < 1.29 is 4.79 Å². The molecule has 0 spiro atoms. The molecule has 0 aliphatic rings. The zero-order valence-electron chi connectivity index (χ0n) is 19.9. The molecule has 2 aromatic rings. The quantitative estimate of drug-likeness (QED) is 0.172. The van der Waals surface area contributed by atoms with Crippen molar-refractivity contribution in [2.45, 2.75) is 40.3 Å². The van der Waals surface area contributed by atoms with Crippen molar-refractivity contribution >= 4 is 35.8 Å². The number of aromatic nitrogens is 2. The molecule has 32 heavy (non-hydrogen) atoms. The molecular formula is C23H38IN7O. The SMILES string of the molecule is CCNC(=NCc1cccc(C(=O)NCCN(C)C)c1)NCCCn1nc(C)cc1C.I. The Morgan fingerprint density at radius 2 is 1.91 bits per heavy atom. The van der Waals surface area contributed by atoms with E-state index in [4.69, 9.17) is 0 Å². The maximum Gasteiger partial charge on any atom is 0.251 e. The Labute approximate surface area is 209 Å². The number of nitrogens with zero attached hydrogens (tertiary/aromatic N) is 4. The van der Waals surface area contributed by atoms with E-state index < -0.39 is 0 Å². The average molecular weight is 556 g/mol. The summed E-state index contributed by atoms with van der Waals surface area (Å²) >= 11 is 0. The van der Waals surface area contributed by atoms with Crippen LogP contribution in [0.1, 0.15) is 40.7 Å². The molecule has 0 bridgehead atoms. The average Bonchev–Trinajstić information content (AvgIpc) is 3.06. The third-order valence-corrected chi connectivity index (χ3v) is 4.74. The van der Waals surface area contributed by atoms with E-state index in [9.17, 15) is 4.79 Å². The van der Waals surface area contributed by atoms with Gasteiger partial charge < -0.3 is 20.9 Å². The molecule has 1 heterocycles. The highest BCUT2D eigenvalue weighted by molar-refractivity contribution is 14.0. The van der Waals surface area contributed by atoms with Gasteiger partial charge in [0.25, 0.3) is 5.91 Å². The first kappa shape index (κ1) is 27.9. The van der Waals surface area contributed by atoms with Gasteiger partial charge >= 0.3 is 0 Å². The molecule has 1 aromatic heterocycles. The number of benzene rings is 1. The third kappa shape index (κ3) is 9.99. The van der Waals surface area contributed by atoms with Gasteiger partial charge in [0.05, 0.1) is 12.2 Å². The summed E-state index contributed by atoms with van der Waals surface area (Å²) in [5, 5.41) is 14.1. The molecule has 2 rings (SSSR count). The normalized spacial score (nSPS) is 11.2. The zero-order chi connectivity index (χ0) is 22.6. The Bertz CT molecular complexity index is 864. The lowest BCUT2D eigenvalue weighted by molar-refractivity contribution is 0.0951. The van der Waals surface area contributed by atoms with Crippen molar-refractivity contribution in [3.63, 3.8) is 0 Å². The van der Waals surface area contributed by atoms with Gasteiger partial charge in [-0.05, 0) is 65.0 Å². The number of carbonyl (C=O) groups excluding carboxylic acids is 1. The summed E-state index contributed by atoms with van der Waals surface area (Å²) in [6.45, 7) is 10.5. The van der Waals surface area contributed by atoms with Crippen molar-refractivity contribution in [2.24, 2.45) is 4.99 Å². The molecule has 0 fully saturated rings. The van der Waals surface area contributed by atoms with Crippen LogP contribution >= 0.6 is 24.0 Å². The van der Waals surface area contributed by atoms with Crippen LogP contribution in [0, 0.1) is 13.8 Å². The van der Waals surface area contributed by atoms with Gasteiger partial charge in [0.2, 0.25) is 0 Å². The predicted molar refractivity (Wildman–Crippen MR) is 142 cm³/mol. The van der Waals surface area contributed by atoms with Crippen LogP contribution in [0.15, 0.2) is 35.3 Å². The Kier molecular flexibility index (Phi) is 12.9. The smallest absolute Gasteiger partial charge is 0.251 e. The van der Waals surface area contributed by atoms with E-state index in [0.717, 1.165) is 49.8 Å². The number of halogens is 1. The number of nitrogens with one attached hydrogen (secondary N) is 3. The van der Waals surface area contributed by atoms with Gasteiger partial charge in [-0.1, -0.05) is 12.1 Å². The number of aryl methyl sites for hydroxylation is 3. The predicted octanol–water partition coefficient (Wildman–Crippen LogP) is 2.55. The highest BCUT2D eigenvalue weighted by Crippen LogP contribution is 2.07. The molecule has 0 saturated heterocycles. The van der Waals surface area contributed by atoms with Crippen LogP contribution in [0.2, 0.25) is 0 Å². The molecule has 0 unspecified atom stereocenters. The van der Waals surface area contributed by atoms with E-state index in [1.807, 2.05) is 61.8 Å². The number of hydrogen-bond donors (Lipinski definition) is 3. The third-order valence-electron chi connectivity index (χ3n) is 4.74. The maximum atomic E-state index is 12.3. The fourth-order valence-corrected chi connectivity index (χ4v) is 3.16. The van der Waals surface area contributed by atoms with Crippen LogP contribution in [0.3, 0.4) is 0 Å². The summed E-state index contributed by atoms with van der Waals surface area (Å²) < 4.78 is 2.04. The van der Waals surface area contributed by atoms with E-state index in [-0.39, 0.29) is 29.9 Å². The van der Waals surface area contributed by atoms with E-state index >= 15 is 0 Å². The van der Waals surface area contributed by atoms with Gasteiger partial charge in [-0.25, -0.2) is 4.99 Å². The lowest BCUT2D eigenvalue weighted by atomic mass is 10.1. The van der Waals surface area contributed by atoms with E-state index in [1.54, 1.807) is 0 Å². The first-order chi connectivity index (χ1) is 14.9. The van der Waals surface area contributed by atoms with Gasteiger partial charge in [0, 0.05) is 44.0 Å². The Balaban J connectivity index is 0.00000512. The standard InChI is InChI=1S/C23H37N7O.HI/c1-6-24-23(26-11-8-13-30-19(3)15-18(2)28-30)27-17-20-9-7-10-21(16-20)22(31)25-12-14-29(4)5;/h7,9-10,15-16H,6,8,11-14,17H2,1-5H3,(H,25,31)(H2,24,26,27);1H. The molecule has 9 heteroatoms. The van der Waals surface area contributed by atoms with E-state index in [0.29, 0.717) is 18.7 Å². The first-order valence-electron chi connectivity index (χ1n) is 10.9. The summed E-state index contributed by atoms with van der Waals surface area (Å²) in [5.41, 5.74) is 3.90. The van der Waals surface area contributed by atoms with Crippen LogP contribution in [-0.4, -0.2) is 66.8 Å². The van der Waals surface area contributed by atoms with Crippen molar-refractivity contribution in [2.75, 3.05) is 40.3 Å². The monoisotopic (exact) mass is 555 g/mol. The minimum absolute atomic E-state index is 0. The Morgan fingerprint density at radius 1 is 1.12 bits per heavy atom. The lowest BCUT2D eigenvalue weighted by Crippen LogP contribution is -2.38. The zero-order valence-corrected chi connectivity index (χ0v) is 22.3. The van der Waals surface area contributed by atoms with Crippen LogP contribution in [0.4, 0.5) is 0 Å². The fraction of sp³-hybridized carbons (Fsp3) is 0.522. The maximum absolute atomic E-state index is 12.3. The number of likely N-dealkylation sites (N-methyl/N-ethyl adjacent to an activating group) is 1. The van der Waals surface area contributed by atoms with Crippen LogP contribution in [0.25, 0.3) is 0 Å². The van der Waals surface area contributed by atoms with Gasteiger partial charge in [-0.3, -0.25) is 9.48 Å². The highest BCUT2D eigenvalue weighted by Gasteiger charge is 2.06. The van der Waals surface area contributed by atoms with Crippen molar-refractivity contribution in [1.29, 1.82) is 0 Å². The van der Waals surface area contributed by atoms with Crippen molar-refractivity contribution in [3.05, 3.63) is 52.8 Å². The van der Waals surface area contributed by atoms with Gasteiger partial charge in [0.1, 0.15) is 0 Å². The minimum Gasteiger partial charge on any atom is -0.357 e. The van der Waals surface area contributed by atoms with E-state index in [2.05, 4.69) is 39.0 Å². The summed E-state index contributed by atoms with van der Waals surface area (Å²) in [6.07, 6.45) is 0.953. The summed E-state index contributed by atoms with van der Waals surface area (Å²) in [4.78, 5) is 19.0. The molecule has 8 nitrogen and oxygen atoms in total. The molecule has 178 valence electrons.